The number of aryl methyl sites for hydroxylation is 2. The third-order valence-corrected chi connectivity index (χ3v) is 4.37. The lowest BCUT2D eigenvalue weighted by Crippen LogP contribution is -1.82. The van der Waals surface area contributed by atoms with Gasteiger partial charge in [0.25, 0.3) is 0 Å². The first-order valence-electron chi connectivity index (χ1n) is 7.98. The highest BCUT2D eigenvalue weighted by atomic mass is 14.7. The average molecular weight is 297 g/mol. The summed E-state index contributed by atoms with van der Waals surface area (Å²) in [6.07, 6.45) is 0. The predicted molar refractivity (Wildman–Crippen MR) is 98.6 cm³/mol. The predicted octanol–water partition coefficient (Wildman–Crippen LogP) is 6.12. The van der Waals surface area contributed by atoms with Gasteiger partial charge in [0.2, 0.25) is 0 Å². The van der Waals surface area contributed by atoms with Crippen molar-refractivity contribution in [1.82, 2.24) is 4.98 Å². The lowest BCUT2D eigenvalue weighted by molar-refractivity contribution is 1.38. The first kappa shape index (κ1) is 13.8. The van der Waals surface area contributed by atoms with Crippen LogP contribution in [-0.4, -0.2) is 4.98 Å². The fourth-order valence-electron chi connectivity index (χ4n) is 3.38. The molecule has 0 aliphatic carbocycles. The molecule has 23 heavy (non-hydrogen) atoms. The van der Waals surface area contributed by atoms with Crippen LogP contribution in [0.25, 0.3) is 33.3 Å². The quantitative estimate of drug-likeness (QED) is 0.459. The fourth-order valence-corrected chi connectivity index (χ4v) is 3.38. The van der Waals surface area contributed by atoms with Crippen molar-refractivity contribution in [2.45, 2.75) is 13.8 Å². The Bertz CT molecular complexity index is 963. The van der Waals surface area contributed by atoms with E-state index in [2.05, 4.69) is 91.6 Å². The van der Waals surface area contributed by atoms with Gasteiger partial charge in [-0.3, -0.25) is 0 Å². The van der Waals surface area contributed by atoms with Crippen LogP contribution in [0.4, 0.5) is 0 Å². The van der Waals surface area contributed by atoms with E-state index >= 15 is 0 Å². The number of hydrogen-bond donors (Lipinski definition) is 1. The summed E-state index contributed by atoms with van der Waals surface area (Å²) in [7, 11) is 0. The van der Waals surface area contributed by atoms with Crippen molar-refractivity contribution in [3.8, 4) is 22.4 Å². The van der Waals surface area contributed by atoms with Crippen LogP contribution in [0.2, 0.25) is 0 Å². The Morgan fingerprint density at radius 2 is 1.30 bits per heavy atom. The summed E-state index contributed by atoms with van der Waals surface area (Å²) in [5, 5.41) is 1.30. The summed E-state index contributed by atoms with van der Waals surface area (Å²) in [5.41, 5.74) is 8.78. The maximum atomic E-state index is 3.67. The third-order valence-electron chi connectivity index (χ3n) is 4.37. The van der Waals surface area contributed by atoms with Crippen LogP contribution in [0.5, 0.6) is 0 Å². The number of aromatic nitrogens is 1. The van der Waals surface area contributed by atoms with Crippen molar-refractivity contribution in [2.24, 2.45) is 0 Å². The highest BCUT2D eigenvalue weighted by molar-refractivity contribution is 6.05. The highest BCUT2D eigenvalue weighted by Gasteiger charge is 2.16. The third kappa shape index (κ3) is 2.35. The number of benzene rings is 3. The first-order chi connectivity index (χ1) is 11.2. The van der Waals surface area contributed by atoms with Gasteiger partial charge >= 0.3 is 0 Å². The van der Waals surface area contributed by atoms with E-state index in [0.717, 1.165) is 0 Å². The van der Waals surface area contributed by atoms with E-state index in [0.29, 0.717) is 0 Å². The number of H-pyrrole nitrogens is 1. The summed E-state index contributed by atoms with van der Waals surface area (Å²) in [4.78, 5) is 3.67. The van der Waals surface area contributed by atoms with Gasteiger partial charge < -0.3 is 4.98 Å². The molecule has 0 aliphatic rings. The normalized spacial score (nSPS) is 11.0. The minimum absolute atomic E-state index is 1.19. The topological polar surface area (TPSA) is 15.8 Å². The van der Waals surface area contributed by atoms with Crippen molar-refractivity contribution in [3.63, 3.8) is 0 Å². The standard InChI is InChI=1S/C22H19N/c1-15-13-16(2)21-19(14-15)20(17-9-5-3-6-10-17)22(23-21)18-11-7-4-8-12-18/h3-14,23H,1-2H3. The summed E-state index contributed by atoms with van der Waals surface area (Å²) >= 11 is 0. The molecule has 0 radical (unpaired) electrons. The van der Waals surface area contributed by atoms with Crippen molar-refractivity contribution in [2.75, 3.05) is 0 Å². The molecule has 3 aromatic carbocycles. The molecule has 0 aliphatic heterocycles. The molecule has 0 bridgehead atoms. The van der Waals surface area contributed by atoms with Crippen molar-refractivity contribution < 1.29 is 0 Å². The van der Waals surface area contributed by atoms with E-state index < -0.39 is 0 Å². The molecule has 0 fully saturated rings. The zero-order chi connectivity index (χ0) is 15.8. The summed E-state index contributed by atoms with van der Waals surface area (Å²) in [5.74, 6) is 0. The second kappa shape index (κ2) is 5.44. The van der Waals surface area contributed by atoms with Crippen LogP contribution in [0.3, 0.4) is 0 Å². The molecule has 1 nitrogen and oxygen atoms in total. The van der Waals surface area contributed by atoms with Gasteiger partial charge in [-0.2, -0.15) is 0 Å². The molecule has 0 atom stereocenters. The molecular formula is C22H19N. The Kier molecular flexibility index (Phi) is 3.27. The van der Waals surface area contributed by atoms with Crippen LogP contribution in [0, 0.1) is 13.8 Å². The SMILES string of the molecule is Cc1cc(C)c2[nH]c(-c3ccccc3)c(-c3ccccc3)c2c1. The fraction of sp³-hybridized carbons (Fsp3) is 0.0909. The minimum atomic E-state index is 1.19. The van der Waals surface area contributed by atoms with Crippen molar-refractivity contribution in [1.29, 1.82) is 0 Å². The zero-order valence-corrected chi connectivity index (χ0v) is 13.4. The van der Waals surface area contributed by atoms with E-state index in [1.165, 1.54) is 44.4 Å². The van der Waals surface area contributed by atoms with Gasteiger partial charge in [-0.05, 0) is 36.6 Å². The Balaban J connectivity index is 2.12. The van der Waals surface area contributed by atoms with Gasteiger partial charge in [0.15, 0.2) is 0 Å². The molecule has 0 saturated heterocycles. The monoisotopic (exact) mass is 297 g/mol. The number of rotatable bonds is 2. The maximum absolute atomic E-state index is 3.67. The molecular weight excluding hydrogens is 278 g/mol. The summed E-state index contributed by atoms with van der Waals surface area (Å²) in [6.45, 7) is 4.34. The van der Waals surface area contributed by atoms with Gasteiger partial charge in [0, 0.05) is 16.5 Å². The number of hydrogen-bond acceptors (Lipinski definition) is 0. The second-order valence-corrected chi connectivity index (χ2v) is 6.11. The van der Waals surface area contributed by atoms with E-state index in [-0.39, 0.29) is 0 Å². The number of fused-ring (bicyclic) bond motifs is 1. The lowest BCUT2D eigenvalue weighted by atomic mass is 9.97. The average Bonchev–Trinajstić information content (AvgIpc) is 2.96. The summed E-state index contributed by atoms with van der Waals surface area (Å²) < 4.78 is 0. The molecule has 1 heteroatoms. The highest BCUT2D eigenvalue weighted by Crippen LogP contribution is 2.39. The molecule has 0 amide bonds. The minimum Gasteiger partial charge on any atom is -0.354 e. The van der Waals surface area contributed by atoms with Crippen LogP contribution in [-0.2, 0) is 0 Å². The number of aromatic amines is 1. The molecule has 4 aromatic rings. The Morgan fingerprint density at radius 1 is 0.696 bits per heavy atom. The Hall–Kier alpha value is -2.80. The van der Waals surface area contributed by atoms with Crippen LogP contribution >= 0.6 is 0 Å². The molecule has 0 unspecified atom stereocenters. The van der Waals surface area contributed by atoms with E-state index in [1.54, 1.807) is 0 Å². The van der Waals surface area contributed by atoms with Gasteiger partial charge in [0.05, 0.1) is 5.69 Å². The Labute approximate surface area is 136 Å². The molecule has 4 rings (SSSR count). The largest absolute Gasteiger partial charge is 0.354 e. The van der Waals surface area contributed by atoms with E-state index in [9.17, 15) is 0 Å². The van der Waals surface area contributed by atoms with E-state index in [4.69, 9.17) is 0 Å². The molecule has 0 saturated carbocycles. The van der Waals surface area contributed by atoms with Crippen LogP contribution in [0.15, 0.2) is 72.8 Å². The zero-order valence-electron chi connectivity index (χ0n) is 13.4. The van der Waals surface area contributed by atoms with E-state index in [1.807, 2.05) is 0 Å². The molecule has 0 spiro atoms. The molecule has 1 N–H and O–H groups in total. The lowest BCUT2D eigenvalue weighted by Gasteiger charge is -2.06. The van der Waals surface area contributed by atoms with Crippen LogP contribution < -0.4 is 0 Å². The van der Waals surface area contributed by atoms with Gasteiger partial charge in [-0.15, -0.1) is 0 Å². The molecule has 1 aromatic heterocycles. The van der Waals surface area contributed by atoms with Gasteiger partial charge in [-0.1, -0.05) is 72.3 Å². The van der Waals surface area contributed by atoms with Crippen LogP contribution in [0.1, 0.15) is 11.1 Å². The maximum Gasteiger partial charge on any atom is 0.0544 e. The molecule has 1 heterocycles. The van der Waals surface area contributed by atoms with Gasteiger partial charge in [0.1, 0.15) is 0 Å². The smallest absolute Gasteiger partial charge is 0.0544 e. The summed E-state index contributed by atoms with van der Waals surface area (Å²) in [6, 6.07) is 25.7. The van der Waals surface area contributed by atoms with Crippen molar-refractivity contribution >= 4 is 10.9 Å². The van der Waals surface area contributed by atoms with Gasteiger partial charge in [-0.25, -0.2) is 0 Å². The first-order valence-corrected chi connectivity index (χ1v) is 7.98. The van der Waals surface area contributed by atoms with Crippen molar-refractivity contribution in [3.05, 3.63) is 83.9 Å². The Morgan fingerprint density at radius 3 is 1.96 bits per heavy atom. The molecule has 112 valence electrons. The number of nitrogens with one attached hydrogen (secondary N) is 1. The second-order valence-electron chi connectivity index (χ2n) is 6.11.